The van der Waals surface area contributed by atoms with Crippen molar-refractivity contribution in [2.45, 2.75) is 38.2 Å². The highest BCUT2D eigenvalue weighted by atomic mass is 79.9. The lowest BCUT2D eigenvalue weighted by molar-refractivity contribution is 0.0925. The molecule has 44 heavy (non-hydrogen) atoms. The first-order chi connectivity index (χ1) is 21.2. The highest BCUT2D eigenvalue weighted by Crippen LogP contribution is 2.35. The topological polar surface area (TPSA) is 22.0 Å². The summed E-state index contributed by atoms with van der Waals surface area (Å²) in [6, 6.07) is 47.2. The van der Waals surface area contributed by atoms with Crippen molar-refractivity contribution in [2.75, 3.05) is 0 Å². The first kappa shape index (κ1) is 30.3. The maximum atomic E-state index is 14.7. The number of para-hydroxylation sites is 1. The Morgan fingerprint density at radius 2 is 1.23 bits per heavy atom. The predicted octanol–water partition coefficient (Wildman–Crippen LogP) is 9.61. The van der Waals surface area contributed by atoms with Crippen LogP contribution in [0.25, 0.3) is 21.8 Å². The molecule has 0 saturated carbocycles. The molecule has 0 aliphatic heterocycles. The Balaban J connectivity index is 1.55. The van der Waals surface area contributed by atoms with Crippen LogP contribution < -0.4 is 10.4 Å². The normalized spacial score (nSPS) is 13.3. The second-order valence-electron chi connectivity index (χ2n) is 12.7. The van der Waals surface area contributed by atoms with Crippen molar-refractivity contribution in [3.05, 3.63) is 155 Å². The zero-order chi connectivity index (χ0) is 30.9. The minimum absolute atomic E-state index is 0.118. The number of allylic oxidation sites excluding steroid dienone is 2. The number of carbonyl (C=O) groups is 1. The molecule has 0 amide bonds. The van der Waals surface area contributed by atoms with E-state index in [4.69, 9.17) is 0 Å². The van der Waals surface area contributed by atoms with Crippen LogP contribution in [0.1, 0.15) is 22.3 Å². The summed E-state index contributed by atoms with van der Waals surface area (Å²) in [5, 5.41) is 6.23. The molecular formula is C39H38BrNOSi2. The van der Waals surface area contributed by atoms with Gasteiger partial charge >= 0.3 is 0 Å². The lowest BCUT2D eigenvalue weighted by atomic mass is 10.1. The van der Waals surface area contributed by atoms with Crippen molar-refractivity contribution in [3.8, 4) is 0 Å². The second-order valence-corrected chi connectivity index (χ2v) is 22.8. The van der Waals surface area contributed by atoms with Gasteiger partial charge in [-0.2, -0.15) is 0 Å². The third-order valence-corrected chi connectivity index (χ3v) is 17.4. The molecule has 5 heteroatoms. The van der Waals surface area contributed by atoms with Gasteiger partial charge in [0.25, 0.3) is 0 Å². The largest absolute Gasteiger partial charge is 0.280 e. The van der Waals surface area contributed by atoms with E-state index in [2.05, 4.69) is 170 Å². The zero-order valence-electron chi connectivity index (χ0n) is 25.8. The molecule has 1 heterocycles. The third kappa shape index (κ3) is 5.72. The van der Waals surface area contributed by atoms with Gasteiger partial charge in [-0.25, -0.2) is 0 Å². The average Bonchev–Trinajstić information content (AvgIpc) is 3.37. The van der Waals surface area contributed by atoms with Gasteiger partial charge in [0, 0.05) is 27.2 Å². The first-order valence-electron chi connectivity index (χ1n) is 15.3. The van der Waals surface area contributed by atoms with E-state index in [0.29, 0.717) is 6.42 Å². The molecule has 0 unspecified atom stereocenters. The quantitative estimate of drug-likeness (QED) is 0.148. The van der Waals surface area contributed by atoms with Gasteiger partial charge in [-0.05, 0) is 29.8 Å². The SMILES string of the molecule is C[Si](C)(/C(=C/[C@@H](c1ccccc1)[Si](C)(C)c1ccccc1)CC(=O)n1c2ccccc2c2cc(Br)ccc21)c1ccccc1. The number of benzene rings is 5. The summed E-state index contributed by atoms with van der Waals surface area (Å²) in [6.07, 6.45) is 2.90. The predicted molar refractivity (Wildman–Crippen MR) is 197 cm³/mol. The van der Waals surface area contributed by atoms with Gasteiger partial charge in [0.2, 0.25) is 5.91 Å². The molecule has 6 aromatic rings. The molecule has 0 bridgehead atoms. The van der Waals surface area contributed by atoms with E-state index in [-0.39, 0.29) is 11.4 Å². The summed E-state index contributed by atoms with van der Waals surface area (Å²) < 4.78 is 2.97. The molecule has 0 saturated heterocycles. The van der Waals surface area contributed by atoms with Gasteiger partial charge in [0.05, 0.1) is 19.1 Å². The summed E-state index contributed by atoms with van der Waals surface area (Å²) in [5.41, 5.74) is 3.44. The van der Waals surface area contributed by atoms with E-state index >= 15 is 0 Å². The van der Waals surface area contributed by atoms with E-state index in [0.717, 1.165) is 26.3 Å². The van der Waals surface area contributed by atoms with Crippen LogP contribution in [-0.2, 0) is 0 Å². The van der Waals surface area contributed by atoms with Crippen LogP contribution >= 0.6 is 15.9 Å². The maximum Gasteiger partial charge on any atom is 0.235 e. The molecule has 2 nitrogen and oxygen atoms in total. The molecule has 0 radical (unpaired) electrons. The van der Waals surface area contributed by atoms with Crippen LogP contribution in [0.2, 0.25) is 26.2 Å². The van der Waals surface area contributed by atoms with Crippen molar-refractivity contribution in [2.24, 2.45) is 0 Å². The van der Waals surface area contributed by atoms with E-state index < -0.39 is 16.1 Å². The van der Waals surface area contributed by atoms with E-state index in [1.807, 2.05) is 16.7 Å². The Morgan fingerprint density at radius 3 is 1.89 bits per heavy atom. The number of hydrogen-bond acceptors (Lipinski definition) is 1. The fraction of sp³-hybridized carbons (Fsp3) is 0.154. The van der Waals surface area contributed by atoms with Crippen molar-refractivity contribution >= 4 is 70.2 Å². The summed E-state index contributed by atoms with van der Waals surface area (Å²) in [5.74, 6) is 0.118. The monoisotopic (exact) mass is 671 g/mol. The molecule has 5 aromatic carbocycles. The standard InChI is InChI=1S/C39H38BrNOSi2/c1-43(2,31-18-10-6-11-19-31)33(27-38(29-16-8-5-9-17-29)44(3,4)32-20-12-7-13-21-32)28-39(42)41-36-23-15-14-22-34(36)35-26-30(40)24-25-37(35)41/h5-27,38H,28H2,1-4H3/b33-27+/t38-/m0/s1. The molecule has 1 atom stereocenters. The number of hydrogen-bond donors (Lipinski definition) is 0. The van der Waals surface area contributed by atoms with Gasteiger partial charge in [-0.15, -0.1) is 0 Å². The van der Waals surface area contributed by atoms with E-state index in [1.165, 1.54) is 21.1 Å². The van der Waals surface area contributed by atoms with Gasteiger partial charge in [-0.1, -0.05) is 173 Å². The summed E-state index contributed by atoms with van der Waals surface area (Å²) >= 11 is 3.65. The number of aromatic nitrogens is 1. The first-order valence-corrected chi connectivity index (χ1v) is 22.1. The lowest BCUT2D eigenvalue weighted by Crippen LogP contribution is -2.49. The Hall–Kier alpha value is -3.78. The van der Waals surface area contributed by atoms with Crippen molar-refractivity contribution in [3.63, 3.8) is 0 Å². The summed E-state index contributed by atoms with van der Waals surface area (Å²) in [4.78, 5) is 14.7. The molecule has 0 N–H and O–H groups in total. The average molecular weight is 673 g/mol. The fourth-order valence-electron chi connectivity index (χ4n) is 6.61. The molecule has 1 aromatic heterocycles. The molecule has 0 spiro atoms. The second kappa shape index (κ2) is 12.3. The number of fused-ring (bicyclic) bond motifs is 3. The van der Waals surface area contributed by atoms with Gasteiger partial charge in [-0.3, -0.25) is 9.36 Å². The van der Waals surface area contributed by atoms with Crippen molar-refractivity contribution in [1.82, 2.24) is 4.57 Å². The highest BCUT2D eigenvalue weighted by molar-refractivity contribution is 9.10. The van der Waals surface area contributed by atoms with Gasteiger partial charge < -0.3 is 0 Å². The molecule has 0 aliphatic rings. The van der Waals surface area contributed by atoms with Crippen LogP contribution in [0.5, 0.6) is 0 Å². The number of carbonyl (C=O) groups excluding carboxylic acids is 1. The van der Waals surface area contributed by atoms with Crippen LogP contribution in [0, 0.1) is 0 Å². The van der Waals surface area contributed by atoms with E-state index in [1.54, 1.807) is 0 Å². The molecule has 0 aliphatic carbocycles. The lowest BCUT2D eigenvalue weighted by Gasteiger charge is -2.35. The highest BCUT2D eigenvalue weighted by Gasteiger charge is 2.37. The fourth-order valence-corrected chi connectivity index (χ4v) is 12.8. The number of rotatable bonds is 8. The minimum atomic E-state index is -2.26. The van der Waals surface area contributed by atoms with Crippen LogP contribution in [0.15, 0.2) is 149 Å². The molecule has 0 fully saturated rings. The van der Waals surface area contributed by atoms with Crippen LogP contribution in [0.3, 0.4) is 0 Å². The Bertz CT molecular complexity index is 1960. The molecule has 6 rings (SSSR count). The number of halogens is 1. The number of nitrogens with zero attached hydrogens (tertiary/aromatic N) is 1. The minimum Gasteiger partial charge on any atom is -0.280 e. The Kier molecular flexibility index (Phi) is 8.47. The van der Waals surface area contributed by atoms with Crippen molar-refractivity contribution in [1.29, 1.82) is 0 Å². The zero-order valence-corrected chi connectivity index (χ0v) is 29.4. The summed E-state index contributed by atoms with van der Waals surface area (Å²) in [7, 11) is -4.34. The van der Waals surface area contributed by atoms with Gasteiger partial charge in [0.15, 0.2) is 0 Å². The maximum absolute atomic E-state index is 14.7. The summed E-state index contributed by atoms with van der Waals surface area (Å²) in [6.45, 7) is 9.75. The Labute approximate surface area is 271 Å². The third-order valence-electron chi connectivity index (χ3n) is 9.35. The van der Waals surface area contributed by atoms with Gasteiger partial charge in [0.1, 0.15) is 8.07 Å². The molecule has 220 valence electrons. The smallest absolute Gasteiger partial charge is 0.235 e. The van der Waals surface area contributed by atoms with E-state index in [9.17, 15) is 4.79 Å². The van der Waals surface area contributed by atoms with Crippen molar-refractivity contribution < 1.29 is 4.79 Å². The Morgan fingerprint density at radius 1 is 0.682 bits per heavy atom. The van der Waals surface area contributed by atoms with Crippen LogP contribution in [-0.4, -0.2) is 26.6 Å². The van der Waals surface area contributed by atoms with Crippen LogP contribution in [0.4, 0.5) is 0 Å². The molecular weight excluding hydrogens is 635 g/mol.